The number of fused-ring (bicyclic) bond motifs is 1. The lowest BCUT2D eigenvalue weighted by Crippen LogP contribution is -2.46. The van der Waals surface area contributed by atoms with Gasteiger partial charge in [0, 0.05) is 30.6 Å². The molecule has 0 bridgehead atoms. The smallest absolute Gasteiger partial charge is 0.382 e. The number of morpholine rings is 1. The van der Waals surface area contributed by atoms with Crippen LogP contribution in [0.15, 0.2) is 52.5 Å². The maximum Gasteiger partial charge on any atom is 0.416 e. The molecule has 5 rings (SSSR count). The van der Waals surface area contributed by atoms with E-state index in [0.717, 1.165) is 17.0 Å². The summed E-state index contributed by atoms with van der Waals surface area (Å²) in [6, 6.07) is 9.14. The van der Waals surface area contributed by atoms with Crippen LogP contribution >= 0.6 is 23.4 Å². The van der Waals surface area contributed by atoms with Gasteiger partial charge in [-0.1, -0.05) is 23.7 Å². The SMILES string of the molecule is COC[C@@H]1CN(C2=NC(=O)/C(=C/c3ccc4c(cnn4Cc4ccc(Cl)cc4C(F)(F)F)c3)S2)CCO1. The first-order chi connectivity index (χ1) is 17.7. The predicted molar refractivity (Wildman–Crippen MR) is 136 cm³/mol. The molecule has 0 aliphatic carbocycles. The minimum Gasteiger partial charge on any atom is -0.382 e. The Hall–Kier alpha value is -2.86. The van der Waals surface area contributed by atoms with Crippen molar-refractivity contribution in [1.82, 2.24) is 14.7 Å². The fraction of sp³-hybridized carbons (Fsp3) is 0.320. The second kappa shape index (κ2) is 10.5. The van der Waals surface area contributed by atoms with E-state index < -0.39 is 11.7 Å². The summed E-state index contributed by atoms with van der Waals surface area (Å²) in [6.45, 7) is 2.16. The molecule has 194 valence electrons. The van der Waals surface area contributed by atoms with E-state index in [1.54, 1.807) is 31.5 Å². The van der Waals surface area contributed by atoms with Crippen LogP contribution in [-0.4, -0.2) is 65.3 Å². The lowest BCUT2D eigenvalue weighted by Gasteiger charge is -2.33. The Morgan fingerprint density at radius 3 is 2.89 bits per heavy atom. The fourth-order valence-electron chi connectivity index (χ4n) is 4.30. The maximum atomic E-state index is 13.5. The molecule has 0 saturated carbocycles. The highest BCUT2D eigenvalue weighted by molar-refractivity contribution is 8.18. The van der Waals surface area contributed by atoms with Gasteiger partial charge in [-0.15, -0.1) is 0 Å². The van der Waals surface area contributed by atoms with Crippen LogP contribution in [0.4, 0.5) is 13.2 Å². The van der Waals surface area contributed by atoms with Gasteiger partial charge in [-0.25, -0.2) is 0 Å². The van der Waals surface area contributed by atoms with E-state index in [2.05, 4.69) is 10.1 Å². The highest BCUT2D eigenvalue weighted by atomic mass is 35.5. The highest BCUT2D eigenvalue weighted by Gasteiger charge is 2.34. The lowest BCUT2D eigenvalue weighted by atomic mass is 10.1. The van der Waals surface area contributed by atoms with Crippen LogP contribution in [0.3, 0.4) is 0 Å². The molecule has 2 aliphatic rings. The summed E-state index contributed by atoms with van der Waals surface area (Å²) in [6.07, 6.45) is -1.26. The standard InChI is InChI=1S/C25H22ClF3N4O3S/c1-35-14-19-13-32(6-7-36-19)24-31-23(34)22(37-24)9-15-2-5-21-17(8-15)11-30-33(21)12-16-3-4-18(26)10-20(16)25(27,28)29/h2-5,8-11,19H,6-7,12-14H2,1H3/b22-9-/t19-/m0/s1. The van der Waals surface area contributed by atoms with Crippen molar-refractivity contribution in [2.75, 3.05) is 33.4 Å². The molecule has 3 heterocycles. The number of amides is 1. The molecule has 1 amide bonds. The van der Waals surface area contributed by atoms with Gasteiger partial charge in [0.05, 0.1) is 48.0 Å². The quantitative estimate of drug-likeness (QED) is 0.413. The van der Waals surface area contributed by atoms with Gasteiger partial charge in [0.1, 0.15) is 0 Å². The van der Waals surface area contributed by atoms with E-state index in [0.29, 0.717) is 41.9 Å². The molecular weight excluding hydrogens is 529 g/mol. The minimum atomic E-state index is -4.53. The number of amidine groups is 1. The Morgan fingerprint density at radius 2 is 2.11 bits per heavy atom. The number of ether oxygens (including phenoxy) is 2. The van der Waals surface area contributed by atoms with Crippen molar-refractivity contribution in [3.8, 4) is 0 Å². The molecule has 0 radical (unpaired) electrons. The zero-order chi connectivity index (χ0) is 26.2. The Labute approximate surface area is 219 Å². The number of halogens is 4. The molecule has 1 aromatic heterocycles. The molecule has 37 heavy (non-hydrogen) atoms. The van der Waals surface area contributed by atoms with E-state index in [1.807, 2.05) is 11.0 Å². The molecule has 2 aromatic carbocycles. The van der Waals surface area contributed by atoms with Crippen LogP contribution in [0.5, 0.6) is 0 Å². The molecule has 3 aromatic rings. The summed E-state index contributed by atoms with van der Waals surface area (Å²) in [7, 11) is 1.62. The van der Waals surface area contributed by atoms with E-state index in [1.165, 1.54) is 28.6 Å². The number of carbonyl (C=O) groups is 1. The Morgan fingerprint density at radius 1 is 1.27 bits per heavy atom. The number of nitrogens with zero attached hydrogens (tertiary/aromatic N) is 4. The van der Waals surface area contributed by atoms with E-state index in [9.17, 15) is 18.0 Å². The number of carbonyl (C=O) groups excluding carboxylic acids is 1. The second-order valence-corrected chi connectivity index (χ2v) is 10.1. The van der Waals surface area contributed by atoms with Crippen LogP contribution < -0.4 is 0 Å². The van der Waals surface area contributed by atoms with Crippen molar-refractivity contribution in [1.29, 1.82) is 0 Å². The molecule has 1 saturated heterocycles. The number of hydrogen-bond donors (Lipinski definition) is 0. The third-order valence-electron chi connectivity index (χ3n) is 6.03. The number of thioether (sulfide) groups is 1. The van der Waals surface area contributed by atoms with Crippen molar-refractivity contribution in [3.63, 3.8) is 0 Å². The molecule has 0 unspecified atom stereocenters. The highest BCUT2D eigenvalue weighted by Crippen LogP contribution is 2.35. The van der Waals surface area contributed by atoms with Gasteiger partial charge >= 0.3 is 6.18 Å². The van der Waals surface area contributed by atoms with Gasteiger partial charge in [0.15, 0.2) is 5.17 Å². The Kier molecular flexibility index (Phi) is 7.30. The second-order valence-electron chi connectivity index (χ2n) is 8.62. The van der Waals surface area contributed by atoms with Crippen molar-refractivity contribution in [3.05, 3.63) is 69.2 Å². The van der Waals surface area contributed by atoms with Gasteiger partial charge in [0.25, 0.3) is 5.91 Å². The van der Waals surface area contributed by atoms with Crippen LogP contribution in [0.1, 0.15) is 16.7 Å². The first-order valence-corrected chi connectivity index (χ1v) is 12.6. The molecule has 1 atom stereocenters. The van der Waals surface area contributed by atoms with E-state index >= 15 is 0 Å². The molecule has 1 fully saturated rings. The van der Waals surface area contributed by atoms with Gasteiger partial charge in [-0.3, -0.25) is 9.48 Å². The van der Waals surface area contributed by atoms with Crippen molar-refractivity contribution >= 4 is 51.4 Å². The number of benzene rings is 2. The summed E-state index contributed by atoms with van der Waals surface area (Å²) in [5.41, 5.74) is 0.721. The van der Waals surface area contributed by atoms with E-state index in [4.69, 9.17) is 21.1 Å². The minimum absolute atomic E-state index is 0.0222. The number of hydrogen-bond acceptors (Lipinski definition) is 6. The van der Waals surface area contributed by atoms with Crippen LogP contribution in [-0.2, 0) is 27.0 Å². The van der Waals surface area contributed by atoms with Gasteiger partial charge < -0.3 is 14.4 Å². The lowest BCUT2D eigenvalue weighted by molar-refractivity contribution is -0.138. The predicted octanol–water partition coefficient (Wildman–Crippen LogP) is 5.07. The van der Waals surface area contributed by atoms with Gasteiger partial charge in [0.2, 0.25) is 0 Å². The zero-order valence-corrected chi connectivity index (χ0v) is 21.2. The largest absolute Gasteiger partial charge is 0.416 e. The third-order valence-corrected chi connectivity index (χ3v) is 7.31. The zero-order valence-electron chi connectivity index (χ0n) is 19.7. The molecule has 7 nitrogen and oxygen atoms in total. The average Bonchev–Trinajstić information content (AvgIpc) is 3.43. The third kappa shape index (κ3) is 5.69. The van der Waals surface area contributed by atoms with Gasteiger partial charge in [-0.2, -0.15) is 23.3 Å². The van der Waals surface area contributed by atoms with E-state index in [-0.39, 0.29) is 29.1 Å². The Bertz CT molecular complexity index is 1400. The Balaban J connectivity index is 1.33. The van der Waals surface area contributed by atoms with Crippen LogP contribution in [0, 0.1) is 0 Å². The normalized spacial score (nSPS) is 19.8. The fourth-order valence-corrected chi connectivity index (χ4v) is 5.42. The number of rotatable bonds is 5. The van der Waals surface area contributed by atoms with Gasteiger partial charge in [-0.05, 0) is 53.2 Å². The maximum absolute atomic E-state index is 13.5. The van der Waals surface area contributed by atoms with Crippen molar-refractivity contribution < 1.29 is 27.4 Å². The number of aliphatic imine (C=N–C) groups is 1. The van der Waals surface area contributed by atoms with Crippen molar-refractivity contribution in [2.45, 2.75) is 18.8 Å². The number of aromatic nitrogens is 2. The molecule has 2 aliphatic heterocycles. The van der Waals surface area contributed by atoms with Crippen LogP contribution in [0.25, 0.3) is 17.0 Å². The summed E-state index contributed by atoms with van der Waals surface area (Å²) in [5.74, 6) is -0.312. The number of alkyl halides is 3. The summed E-state index contributed by atoms with van der Waals surface area (Å²) >= 11 is 7.11. The first kappa shape index (κ1) is 25.8. The summed E-state index contributed by atoms with van der Waals surface area (Å²) < 4.78 is 52.8. The topological polar surface area (TPSA) is 69.0 Å². The average molecular weight is 551 g/mol. The van der Waals surface area contributed by atoms with Crippen LogP contribution in [0.2, 0.25) is 5.02 Å². The molecule has 12 heteroatoms. The first-order valence-electron chi connectivity index (χ1n) is 11.4. The molecule has 0 N–H and O–H groups in total. The molecular formula is C25H22ClF3N4O3S. The number of methoxy groups -OCH3 is 1. The van der Waals surface area contributed by atoms with Crippen molar-refractivity contribution in [2.24, 2.45) is 4.99 Å². The summed E-state index contributed by atoms with van der Waals surface area (Å²) in [5, 5.41) is 5.69. The monoisotopic (exact) mass is 550 g/mol. The molecule has 0 spiro atoms. The summed E-state index contributed by atoms with van der Waals surface area (Å²) in [4.78, 5) is 19.3.